The van der Waals surface area contributed by atoms with E-state index in [4.69, 9.17) is 0 Å². The van der Waals surface area contributed by atoms with Crippen LogP contribution in [0.4, 0.5) is 0 Å². The van der Waals surface area contributed by atoms with Crippen molar-refractivity contribution in [2.45, 2.75) is 68.9 Å². The second-order valence-corrected chi connectivity index (χ2v) is 7.36. The molecule has 21 heavy (non-hydrogen) atoms. The molecule has 3 aliphatic rings. The van der Waals surface area contributed by atoms with Crippen LogP contribution in [-0.4, -0.2) is 34.7 Å². The number of likely N-dealkylation sites (tertiary alicyclic amines) is 1. The lowest BCUT2D eigenvalue weighted by molar-refractivity contribution is -0.0265. The van der Waals surface area contributed by atoms with Crippen molar-refractivity contribution in [1.29, 1.82) is 0 Å². The van der Waals surface area contributed by atoms with E-state index in [1.165, 1.54) is 69.2 Å². The molecule has 0 aromatic heterocycles. The number of aliphatic hydroxyl groups is 1. The van der Waals surface area contributed by atoms with Crippen LogP contribution < -0.4 is 0 Å². The lowest BCUT2D eigenvalue weighted by Crippen LogP contribution is -2.54. The number of rotatable bonds is 4. The molecule has 1 aliphatic heterocycles. The molecular weight excluding hydrogens is 258 g/mol. The Kier molecular flexibility index (Phi) is 3.55. The Labute approximate surface area is 128 Å². The number of fused-ring (bicyclic) bond motifs is 1. The van der Waals surface area contributed by atoms with Crippen molar-refractivity contribution < 1.29 is 5.11 Å². The van der Waals surface area contributed by atoms with Gasteiger partial charge in [0.25, 0.3) is 0 Å². The van der Waals surface area contributed by atoms with Crippen LogP contribution in [0.15, 0.2) is 24.3 Å². The highest BCUT2D eigenvalue weighted by Gasteiger charge is 2.47. The van der Waals surface area contributed by atoms with Gasteiger partial charge < -0.3 is 5.11 Å². The maximum Gasteiger partial charge on any atom is 0.0729 e. The monoisotopic (exact) mass is 285 g/mol. The van der Waals surface area contributed by atoms with E-state index in [2.05, 4.69) is 29.2 Å². The lowest BCUT2D eigenvalue weighted by Gasteiger charge is -2.45. The quantitative estimate of drug-likeness (QED) is 0.915. The zero-order chi connectivity index (χ0) is 14.3. The Morgan fingerprint density at radius 1 is 1.10 bits per heavy atom. The molecular formula is C19H27NO. The summed E-state index contributed by atoms with van der Waals surface area (Å²) in [6.07, 6.45) is 9.66. The van der Waals surface area contributed by atoms with Crippen molar-refractivity contribution in [3.63, 3.8) is 0 Å². The Balaban J connectivity index is 1.49. The van der Waals surface area contributed by atoms with Gasteiger partial charge in [-0.1, -0.05) is 37.1 Å². The highest BCUT2D eigenvalue weighted by molar-refractivity contribution is 5.40. The number of hydrogen-bond acceptors (Lipinski definition) is 2. The van der Waals surface area contributed by atoms with Crippen LogP contribution in [0, 0.1) is 0 Å². The van der Waals surface area contributed by atoms with Gasteiger partial charge in [-0.3, -0.25) is 4.90 Å². The standard InChI is InChI=1S/C19H27NO/c21-18(14-16-13-15-7-1-2-8-17(15)16)19(9-3-4-10-19)20-11-5-6-12-20/h1-2,7-8,16,18,21H,3-6,9-14H2. The average Bonchev–Trinajstić information content (AvgIpc) is 3.15. The fraction of sp³-hybridized carbons (Fsp3) is 0.684. The van der Waals surface area contributed by atoms with Gasteiger partial charge in [0.2, 0.25) is 0 Å². The number of hydrogen-bond donors (Lipinski definition) is 1. The van der Waals surface area contributed by atoms with E-state index in [-0.39, 0.29) is 11.6 Å². The third-order valence-electron chi connectivity index (χ3n) is 6.29. The van der Waals surface area contributed by atoms with Gasteiger partial charge in [0.15, 0.2) is 0 Å². The smallest absolute Gasteiger partial charge is 0.0729 e. The van der Waals surface area contributed by atoms with Gasteiger partial charge in [0, 0.05) is 5.54 Å². The Bertz CT molecular complexity index is 500. The molecule has 4 rings (SSSR count). The fourth-order valence-corrected chi connectivity index (χ4v) is 5.07. The van der Waals surface area contributed by atoms with Crippen molar-refractivity contribution in [2.24, 2.45) is 0 Å². The van der Waals surface area contributed by atoms with Crippen molar-refractivity contribution >= 4 is 0 Å². The molecule has 1 aromatic carbocycles. The summed E-state index contributed by atoms with van der Waals surface area (Å²) < 4.78 is 0. The van der Waals surface area contributed by atoms with Crippen LogP contribution in [0.25, 0.3) is 0 Å². The molecule has 1 saturated carbocycles. The van der Waals surface area contributed by atoms with Crippen LogP contribution in [0.2, 0.25) is 0 Å². The Hall–Kier alpha value is -0.860. The minimum atomic E-state index is -0.142. The highest BCUT2D eigenvalue weighted by Crippen LogP contribution is 2.45. The molecule has 2 atom stereocenters. The number of benzene rings is 1. The topological polar surface area (TPSA) is 23.5 Å². The SMILES string of the molecule is OC(CC1Cc2ccccc21)C1(N2CCCC2)CCCC1. The van der Waals surface area contributed by atoms with Crippen molar-refractivity contribution in [2.75, 3.05) is 13.1 Å². The van der Waals surface area contributed by atoms with Gasteiger partial charge in [-0.05, 0) is 68.7 Å². The first-order valence-electron chi connectivity index (χ1n) is 8.80. The average molecular weight is 285 g/mol. The highest BCUT2D eigenvalue weighted by atomic mass is 16.3. The molecule has 1 saturated heterocycles. The Morgan fingerprint density at radius 2 is 1.81 bits per heavy atom. The lowest BCUT2D eigenvalue weighted by atomic mass is 9.72. The van der Waals surface area contributed by atoms with Gasteiger partial charge in [-0.2, -0.15) is 0 Å². The second-order valence-electron chi connectivity index (χ2n) is 7.36. The fourth-order valence-electron chi connectivity index (χ4n) is 5.07. The zero-order valence-electron chi connectivity index (χ0n) is 12.9. The maximum atomic E-state index is 11.1. The summed E-state index contributed by atoms with van der Waals surface area (Å²) in [5.74, 6) is 0.594. The van der Waals surface area contributed by atoms with E-state index in [0.29, 0.717) is 5.92 Å². The van der Waals surface area contributed by atoms with Crippen LogP contribution in [-0.2, 0) is 6.42 Å². The van der Waals surface area contributed by atoms with Gasteiger partial charge in [0.1, 0.15) is 0 Å². The molecule has 0 amide bonds. The molecule has 1 aromatic rings. The van der Waals surface area contributed by atoms with Crippen LogP contribution in [0.3, 0.4) is 0 Å². The summed E-state index contributed by atoms with van der Waals surface area (Å²) in [5.41, 5.74) is 3.10. The van der Waals surface area contributed by atoms with Crippen LogP contribution in [0.5, 0.6) is 0 Å². The third kappa shape index (κ3) is 2.24. The van der Waals surface area contributed by atoms with Gasteiger partial charge in [0.05, 0.1) is 6.10 Å². The molecule has 2 nitrogen and oxygen atoms in total. The molecule has 114 valence electrons. The van der Waals surface area contributed by atoms with Crippen molar-refractivity contribution in [3.8, 4) is 0 Å². The molecule has 2 heteroatoms. The normalized spacial score (nSPS) is 29.1. The van der Waals surface area contributed by atoms with Gasteiger partial charge in [-0.25, -0.2) is 0 Å². The van der Waals surface area contributed by atoms with Crippen LogP contribution in [0.1, 0.15) is 62.0 Å². The van der Waals surface area contributed by atoms with E-state index in [1.54, 1.807) is 0 Å². The molecule has 0 radical (unpaired) electrons. The minimum absolute atomic E-state index is 0.112. The zero-order valence-corrected chi connectivity index (χ0v) is 12.9. The first kappa shape index (κ1) is 13.8. The minimum Gasteiger partial charge on any atom is -0.391 e. The summed E-state index contributed by atoms with van der Waals surface area (Å²) in [5, 5.41) is 11.1. The van der Waals surface area contributed by atoms with Gasteiger partial charge >= 0.3 is 0 Å². The van der Waals surface area contributed by atoms with E-state index in [9.17, 15) is 5.11 Å². The molecule has 2 unspecified atom stereocenters. The molecule has 1 N–H and O–H groups in total. The first-order valence-corrected chi connectivity index (χ1v) is 8.80. The molecule has 0 spiro atoms. The van der Waals surface area contributed by atoms with Crippen molar-refractivity contribution in [3.05, 3.63) is 35.4 Å². The second kappa shape index (κ2) is 5.40. The Morgan fingerprint density at radius 3 is 2.52 bits per heavy atom. The van der Waals surface area contributed by atoms with E-state index in [1.807, 2.05) is 0 Å². The largest absolute Gasteiger partial charge is 0.391 e. The summed E-state index contributed by atoms with van der Waals surface area (Å²) in [7, 11) is 0. The predicted octanol–water partition coefficient (Wildman–Crippen LogP) is 3.49. The van der Waals surface area contributed by atoms with Crippen LogP contribution >= 0.6 is 0 Å². The first-order chi connectivity index (χ1) is 10.3. The summed E-state index contributed by atoms with van der Waals surface area (Å²) in [6, 6.07) is 8.77. The molecule has 1 heterocycles. The number of aliphatic hydroxyl groups excluding tert-OH is 1. The maximum absolute atomic E-state index is 11.1. The van der Waals surface area contributed by atoms with E-state index in [0.717, 1.165) is 6.42 Å². The molecule has 2 aliphatic carbocycles. The summed E-state index contributed by atoms with van der Waals surface area (Å²) in [6.45, 7) is 2.41. The number of nitrogens with zero attached hydrogens (tertiary/aromatic N) is 1. The molecule has 2 fully saturated rings. The molecule has 0 bridgehead atoms. The summed E-state index contributed by atoms with van der Waals surface area (Å²) in [4.78, 5) is 2.63. The van der Waals surface area contributed by atoms with E-state index < -0.39 is 0 Å². The summed E-state index contributed by atoms with van der Waals surface area (Å²) >= 11 is 0. The third-order valence-corrected chi connectivity index (χ3v) is 6.29. The van der Waals surface area contributed by atoms with Gasteiger partial charge in [-0.15, -0.1) is 0 Å². The van der Waals surface area contributed by atoms with E-state index >= 15 is 0 Å². The van der Waals surface area contributed by atoms with Crippen molar-refractivity contribution in [1.82, 2.24) is 4.90 Å². The predicted molar refractivity (Wildman–Crippen MR) is 85.5 cm³/mol.